The zero-order valence-electron chi connectivity index (χ0n) is 11.0. The summed E-state index contributed by atoms with van der Waals surface area (Å²) >= 11 is 0. The van der Waals surface area contributed by atoms with Crippen LogP contribution in [0.4, 0.5) is 14.9 Å². The van der Waals surface area contributed by atoms with Crippen LogP contribution < -0.4 is 10.6 Å². The molecule has 0 aliphatic heterocycles. The number of rotatable bonds is 4. The lowest BCUT2D eigenvalue weighted by Crippen LogP contribution is -2.46. The molecule has 0 fully saturated rings. The van der Waals surface area contributed by atoms with E-state index in [1.165, 1.54) is 18.2 Å². The second-order valence-corrected chi connectivity index (χ2v) is 4.62. The Morgan fingerprint density at radius 1 is 1.32 bits per heavy atom. The fraction of sp³-hybridized carbons (Fsp3) is 0.385. The van der Waals surface area contributed by atoms with Gasteiger partial charge in [-0.05, 0) is 30.5 Å². The minimum atomic E-state index is -1.11. The number of carboxylic acids is 1. The highest BCUT2D eigenvalue weighted by molar-refractivity contribution is 5.92. The Labute approximate surface area is 110 Å². The maximum absolute atomic E-state index is 13.1. The Balaban J connectivity index is 2.74. The molecule has 0 unspecified atom stereocenters. The molecule has 0 saturated heterocycles. The molecule has 0 aliphatic rings. The molecule has 0 aromatic heterocycles. The van der Waals surface area contributed by atoms with Crippen molar-refractivity contribution in [1.29, 1.82) is 0 Å². The second kappa shape index (κ2) is 6.17. The standard InChI is InChI=1S/C13H17FN2O3/c1-7(2)11(12(17)18)16-13(19)15-10-6-9(14)5-4-8(10)3/h4-7,11H,1-3H3,(H,17,18)(H2,15,16,19)/t11-/m0/s1. The summed E-state index contributed by atoms with van der Waals surface area (Å²) in [4.78, 5) is 22.6. The third kappa shape index (κ3) is 4.24. The second-order valence-electron chi connectivity index (χ2n) is 4.62. The van der Waals surface area contributed by atoms with Crippen molar-refractivity contribution in [3.8, 4) is 0 Å². The third-order valence-electron chi connectivity index (χ3n) is 2.67. The summed E-state index contributed by atoms with van der Waals surface area (Å²) in [5, 5.41) is 13.7. The van der Waals surface area contributed by atoms with Crippen molar-refractivity contribution in [2.24, 2.45) is 5.92 Å². The number of nitrogens with one attached hydrogen (secondary N) is 2. The van der Waals surface area contributed by atoms with E-state index in [0.29, 0.717) is 11.3 Å². The predicted octanol–water partition coefficient (Wildman–Crippen LogP) is 2.36. The molecular weight excluding hydrogens is 251 g/mol. The number of halogens is 1. The summed E-state index contributed by atoms with van der Waals surface area (Å²) < 4.78 is 13.1. The van der Waals surface area contributed by atoms with Crippen molar-refractivity contribution in [3.63, 3.8) is 0 Å². The average Bonchev–Trinajstić information content (AvgIpc) is 2.30. The van der Waals surface area contributed by atoms with Crippen LogP contribution in [0.25, 0.3) is 0 Å². The highest BCUT2D eigenvalue weighted by atomic mass is 19.1. The van der Waals surface area contributed by atoms with E-state index in [-0.39, 0.29) is 5.92 Å². The van der Waals surface area contributed by atoms with E-state index < -0.39 is 23.9 Å². The molecule has 0 bridgehead atoms. The van der Waals surface area contributed by atoms with Gasteiger partial charge < -0.3 is 15.7 Å². The first-order chi connectivity index (χ1) is 8.81. The summed E-state index contributed by atoms with van der Waals surface area (Å²) in [5.41, 5.74) is 0.998. The van der Waals surface area contributed by atoms with Crippen molar-refractivity contribution in [2.75, 3.05) is 5.32 Å². The van der Waals surface area contributed by atoms with Gasteiger partial charge in [-0.1, -0.05) is 19.9 Å². The van der Waals surface area contributed by atoms with Gasteiger partial charge in [0.1, 0.15) is 11.9 Å². The Kier molecular flexibility index (Phi) is 4.86. The average molecular weight is 268 g/mol. The van der Waals surface area contributed by atoms with Crippen LogP contribution in [0.1, 0.15) is 19.4 Å². The SMILES string of the molecule is Cc1ccc(F)cc1NC(=O)N[C@H](C(=O)O)C(C)C. The molecule has 19 heavy (non-hydrogen) atoms. The van der Waals surface area contributed by atoms with Crippen LogP contribution in [-0.2, 0) is 4.79 Å². The first-order valence-corrected chi connectivity index (χ1v) is 5.87. The van der Waals surface area contributed by atoms with Crippen LogP contribution in [0, 0.1) is 18.7 Å². The van der Waals surface area contributed by atoms with Crippen LogP contribution in [0.15, 0.2) is 18.2 Å². The maximum Gasteiger partial charge on any atom is 0.326 e. The Morgan fingerprint density at radius 3 is 2.47 bits per heavy atom. The lowest BCUT2D eigenvalue weighted by Gasteiger charge is -2.18. The van der Waals surface area contributed by atoms with Gasteiger partial charge in [-0.3, -0.25) is 0 Å². The third-order valence-corrected chi connectivity index (χ3v) is 2.67. The first-order valence-electron chi connectivity index (χ1n) is 5.87. The number of urea groups is 1. The molecular formula is C13H17FN2O3. The van der Waals surface area contributed by atoms with E-state index in [4.69, 9.17) is 5.11 Å². The highest BCUT2D eigenvalue weighted by Gasteiger charge is 2.23. The van der Waals surface area contributed by atoms with Gasteiger partial charge in [-0.15, -0.1) is 0 Å². The van der Waals surface area contributed by atoms with Crippen molar-refractivity contribution in [1.82, 2.24) is 5.32 Å². The van der Waals surface area contributed by atoms with Crippen LogP contribution in [-0.4, -0.2) is 23.1 Å². The van der Waals surface area contributed by atoms with Crippen LogP contribution in [0.3, 0.4) is 0 Å². The van der Waals surface area contributed by atoms with Gasteiger partial charge in [0.25, 0.3) is 0 Å². The molecule has 0 spiro atoms. The van der Waals surface area contributed by atoms with Gasteiger partial charge >= 0.3 is 12.0 Å². The van der Waals surface area contributed by atoms with E-state index in [2.05, 4.69) is 10.6 Å². The van der Waals surface area contributed by atoms with Crippen molar-refractivity contribution >= 4 is 17.7 Å². The molecule has 0 radical (unpaired) electrons. The summed E-state index contributed by atoms with van der Waals surface area (Å²) in [5.74, 6) is -1.84. The summed E-state index contributed by atoms with van der Waals surface area (Å²) in [6.07, 6.45) is 0. The summed E-state index contributed by atoms with van der Waals surface area (Å²) in [6.45, 7) is 5.09. The molecule has 1 atom stereocenters. The van der Waals surface area contributed by atoms with Gasteiger partial charge in [0.2, 0.25) is 0 Å². The van der Waals surface area contributed by atoms with Gasteiger partial charge in [0.05, 0.1) is 0 Å². The maximum atomic E-state index is 13.1. The number of hydrogen-bond donors (Lipinski definition) is 3. The molecule has 1 rings (SSSR count). The van der Waals surface area contributed by atoms with Crippen LogP contribution in [0.2, 0.25) is 0 Å². The molecule has 3 N–H and O–H groups in total. The molecule has 2 amide bonds. The molecule has 0 saturated carbocycles. The highest BCUT2D eigenvalue weighted by Crippen LogP contribution is 2.15. The number of carbonyl (C=O) groups excluding carboxylic acids is 1. The fourth-order valence-electron chi connectivity index (χ4n) is 1.54. The zero-order chi connectivity index (χ0) is 14.6. The van der Waals surface area contributed by atoms with Crippen LogP contribution in [0.5, 0.6) is 0 Å². The van der Waals surface area contributed by atoms with Gasteiger partial charge in [-0.25, -0.2) is 14.0 Å². The molecule has 1 aromatic carbocycles. The van der Waals surface area contributed by atoms with Crippen molar-refractivity contribution in [3.05, 3.63) is 29.6 Å². The fourth-order valence-corrected chi connectivity index (χ4v) is 1.54. The number of amides is 2. The minimum Gasteiger partial charge on any atom is -0.480 e. The molecule has 1 aromatic rings. The van der Waals surface area contributed by atoms with Crippen molar-refractivity contribution < 1.29 is 19.1 Å². The topological polar surface area (TPSA) is 78.4 Å². The minimum absolute atomic E-state index is 0.253. The number of aliphatic carboxylic acids is 1. The molecule has 104 valence electrons. The number of carbonyl (C=O) groups is 2. The Hall–Kier alpha value is -2.11. The molecule has 5 nitrogen and oxygen atoms in total. The lowest BCUT2D eigenvalue weighted by molar-refractivity contribution is -0.140. The largest absolute Gasteiger partial charge is 0.480 e. The van der Waals surface area contributed by atoms with E-state index in [0.717, 1.165) is 0 Å². The van der Waals surface area contributed by atoms with E-state index in [9.17, 15) is 14.0 Å². The summed E-state index contributed by atoms with van der Waals surface area (Å²) in [7, 11) is 0. The quantitative estimate of drug-likeness (QED) is 0.784. The number of aryl methyl sites for hydroxylation is 1. The van der Waals surface area contributed by atoms with E-state index in [1.54, 1.807) is 20.8 Å². The molecule has 0 aliphatic carbocycles. The molecule has 0 heterocycles. The number of anilines is 1. The number of benzene rings is 1. The monoisotopic (exact) mass is 268 g/mol. The number of hydrogen-bond acceptors (Lipinski definition) is 2. The van der Waals surface area contributed by atoms with Crippen LogP contribution >= 0.6 is 0 Å². The van der Waals surface area contributed by atoms with Gasteiger partial charge in [-0.2, -0.15) is 0 Å². The normalized spacial score (nSPS) is 12.1. The number of carboxylic acid groups (broad SMARTS) is 1. The van der Waals surface area contributed by atoms with Gasteiger partial charge in [0, 0.05) is 5.69 Å². The Bertz CT molecular complexity index is 489. The smallest absolute Gasteiger partial charge is 0.326 e. The van der Waals surface area contributed by atoms with E-state index >= 15 is 0 Å². The van der Waals surface area contributed by atoms with E-state index in [1.807, 2.05) is 0 Å². The summed E-state index contributed by atoms with van der Waals surface area (Å²) in [6, 6.07) is 2.33. The van der Waals surface area contributed by atoms with Gasteiger partial charge in [0.15, 0.2) is 0 Å². The lowest BCUT2D eigenvalue weighted by atomic mass is 10.1. The first kappa shape index (κ1) is 14.9. The predicted molar refractivity (Wildman–Crippen MR) is 69.6 cm³/mol. The molecule has 6 heteroatoms. The van der Waals surface area contributed by atoms with Crippen molar-refractivity contribution in [2.45, 2.75) is 26.8 Å². The Morgan fingerprint density at radius 2 is 1.95 bits per heavy atom. The zero-order valence-corrected chi connectivity index (χ0v) is 11.0.